The Bertz CT molecular complexity index is 971. The van der Waals surface area contributed by atoms with Crippen LogP contribution in [0.5, 0.6) is 17.2 Å². The van der Waals surface area contributed by atoms with Crippen LogP contribution < -0.4 is 19.5 Å². The molecule has 0 saturated carbocycles. The topological polar surface area (TPSA) is 94.2 Å². The fraction of sp³-hybridized carbons (Fsp3) is 0.350. The normalized spacial score (nSPS) is 11.2. The van der Waals surface area contributed by atoms with Crippen LogP contribution in [0.2, 0.25) is 0 Å². The molecule has 0 fully saturated rings. The van der Waals surface area contributed by atoms with E-state index in [2.05, 4.69) is 5.32 Å². The fourth-order valence-corrected chi connectivity index (χ4v) is 4.32. The van der Waals surface area contributed by atoms with Gasteiger partial charge in [-0.05, 0) is 30.3 Å². The minimum Gasteiger partial charge on any atom is -0.497 e. The number of benzene rings is 2. The zero-order valence-electron chi connectivity index (χ0n) is 17.2. The van der Waals surface area contributed by atoms with Crippen LogP contribution in [-0.4, -0.2) is 53.0 Å². The molecule has 0 saturated heterocycles. The standard InChI is InChI=1S/C20H26N2O6S/c1-6-22(7-2)29(24,25)15-9-11-18(27-4)17(13-15)21-20(23)16-10-8-14(26-3)12-19(16)28-5/h8-13H,6-7H2,1-5H3,(H,21,23). The van der Waals surface area contributed by atoms with E-state index in [-0.39, 0.29) is 16.1 Å². The van der Waals surface area contributed by atoms with Crippen molar-refractivity contribution >= 4 is 21.6 Å². The van der Waals surface area contributed by atoms with Crippen molar-refractivity contribution < 1.29 is 27.4 Å². The quantitative estimate of drug-likeness (QED) is 0.668. The molecular weight excluding hydrogens is 396 g/mol. The van der Waals surface area contributed by atoms with E-state index in [1.54, 1.807) is 32.0 Å². The zero-order chi connectivity index (χ0) is 21.6. The number of ether oxygens (including phenoxy) is 3. The van der Waals surface area contributed by atoms with Crippen LogP contribution in [-0.2, 0) is 10.0 Å². The Hall–Kier alpha value is -2.78. The predicted octanol–water partition coefficient (Wildman–Crippen LogP) is 3.00. The van der Waals surface area contributed by atoms with Crippen molar-refractivity contribution in [2.75, 3.05) is 39.7 Å². The predicted molar refractivity (Wildman–Crippen MR) is 111 cm³/mol. The molecule has 8 nitrogen and oxygen atoms in total. The Morgan fingerprint density at radius 1 is 0.931 bits per heavy atom. The largest absolute Gasteiger partial charge is 0.497 e. The number of carbonyl (C=O) groups is 1. The Balaban J connectivity index is 2.43. The molecule has 0 aliphatic carbocycles. The van der Waals surface area contributed by atoms with Crippen molar-refractivity contribution in [3.63, 3.8) is 0 Å². The first kappa shape index (κ1) is 22.5. The second-order valence-corrected chi connectivity index (χ2v) is 7.91. The van der Waals surface area contributed by atoms with Gasteiger partial charge >= 0.3 is 0 Å². The van der Waals surface area contributed by atoms with Crippen LogP contribution in [0.1, 0.15) is 24.2 Å². The van der Waals surface area contributed by atoms with Gasteiger partial charge in [0.15, 0.2) is 0 Å². The molecule has 0 radical (unpaired) electrons. The van der Waals surface area contributed by atoms with E-state index >= 15 is 0 Å². The number of nitrogens with zero attached hydrogens (tertiary/aromatic N) is 1. The van der Waals surface area contributed by atoms with Crippen LogP contribution in [0, 0.1) is 0 Å². The number of sulfonamides is 1. The molecule has 0 aromatic heterocycles. The molecule has 29 heavy (non-hydrogen) atoms. The van der Waals surface area contributed by atoms with Gasteiger partial charge in [0.2, 0.25) is 10.0 Å². The third kappa shape index (κ3) is 4.80. The van der Waals surface area contributed by atoms with Crippen molar-refractivity contribution in [2.24, 2.45) is 0 Å². The Morgan fingerprint density at radius 3 is 2.14 bits per heavy atom. The van der Waals surface area contributed by atoms with E-state index in [9.17, 15) is 13.2 Å². The maximum atomic E-state index is 12.8. The molecule has 1 N–H and O–H groups in total. The smallest absolute Gasteiger partial charge is 0.259 e. The number of nitrogens with one attached hydrogen (secondary N) is 1. The number of rotatable bonds is 9. The van der Waals surface area contributed by atoms with Crippen LogP contribution in [0.3, 0.4) is 0 Å². The monoisotopic (exact) mass is 422 g/mol. The Morgan fingerprint density at radius 2 is 1.59 bits per heavy atom. The molecule has 9 heteroatoms. The second kappa shape index (κ2) is 9.62. The number of anilines is 1. The highest BCUT2D eigenvalue weighted by molar-refractivity contribution is 7.89. The summed E-state index contributed by atoms with van der Waals surface area (Å²) in [6.07, 6.45) is 0. The van der Waals surface area contributed by atoms with Gasteiger partial charge in [-0.1, -0.05) is 13.8 Å². The highest BCUT2D eigenvalue weighted by Crippen LogP contribution is 2.31. The summed E-state index contributed by atoms with van der Waals surface area (Å²) in [5.41, 5.74) is 0.510. The van der Waals surface area contributed by atoms with Gasteiger partial charge in [-0.15, -0.1) is 0 Å². The summed E-state index contributed by atoms with van der Waals surface area (Å²) in [6, 6.07) is 9.15. The lowest BCUT2D eigenvalue weighted by atomic mass is 10.1. The lowest BCUT2D eigenvalue weighted by Crippen LogP contribution is -2.30. The summed E-state index contributed by atoms with van der Waals surface area (Å²) in [4.78, 5) is 12.9. The van der Waals surface area contributed by atoms with E-state index in [1.165, 1.54) is 43.8 Å². The maximum Gasteiger partial charge on any atom is 0.259 e. The van der Waals surface area contributed by atoms with E-state index in [1.807, 2.05) is 0 Å². The molecular formula is C20H26N2O6S. The van der Waals surface area contributed by atoms with Crippen molar-refractivity contribution in [2.45, 2.75) is 18.7 Å². The van der Waals surface area contributed by atoms with Gasteiger partial charge in [0.1, 0.15) is 17.2 Å². The van der Waals surface area contributed by atoms with E-state index in [0.29, 0.717) is 30.3 Å². The van der Waals surface area contributed by atoms with Crippen LogP contribution in [0.15, 0.2) is 41.3 Å². The average Bonchev–Trinajstić information content (AvgIpc) is 2.73. The number of hydrogen-bond donors (Lipinski definition) is 1. The first-order valence-electron chi connectivity index (χ1n) is 9.03. The third-order valence-electron chi connectivity index (χ3n) is 4.42. The number of amides is 1. The van der Waals surface area contributed by atoms with Gasteiger partial charge in [-0.3, -0.25) is 4.79 Å². The molecule has 0 heterocycles. The SMILES string of the molecule is CCN(CC)S(=O)(=O)c1ccc(OC)c(NC(=O)c2ccc(OC)cc2OC)c1. The Labute approximate surface area is 171 Å². The first-order chi connectivity index (χ1) is 13.8. The van der Waals surface area contributed by atoms with Gasteiger partial charge in [0, 0.05) is 19.2 Å². The summed E-state index contributed by atoms with van der Waals surface area (Å²) in [6.45, 7) is 4.22. The molecule has 0 unspecified atom stereocenters. The number of carbonyl (C=O) groups excluding carboxylic acids is 1. The fourth-order valence-electron chi connectivity index (χ4n) is 2.83. The molecule has 2 rings (SSSR count). The highest BCUT2D eigenvalue weighted by Gasteiger charge is 2.24. The molecule has 0 bridgehead atoms. The summed E-state index contributed by atoms with van der Waals surface area (Å²) < 4.78 is 42.7. The molecule has 1 amide bonds. The molecule has 0 spiro atoms. The molecule has 0 aliphatic rings. The van der Waals surface area contributed by atoms with Gasteiger partial charge in [-0.25, -0.2) is 8.42 Å². The van der Waals surface area contributed by atoms with E-state index in [4.69, 9.17) is 14.2 Å². The van der Waals surface area contributed by atoms with Crippen molar-refractivity contribution in [3.8, 4) is 17.2 Å². The van der Waals surface area contributed by atoms with Gasteiger partial charge in [0.05, 0.1) is 37.5 Å². The highest BCUT2D eigenvalue weighted by atomic mass is 32.2. The lowest BCUT2D eigenvalue weighted by molar-refractivity contribution is 0.102. The van der Waals surface area contributed by atoms with Gasteiger partial charge in [0.25, 0.3) is 5.91 Å². The van der Waals surface area contributed by atoms with Gasteiger partial charge in [-0.2, -0.15) is 4.31 Å². The summed E-state index contributed by atoms with van der Waals surface area (Å²) in [7, 11) is 0.719. The lowest BCUT2D eigenvalue weighted by Gasteiger charge is -2.20. The maximum absolute atomic E-state index is 12.8. The molecule has 2 aromatic carbocycles. The average molecular weight is 423 g/mol. The molecule has 2 aromatic rings. The van der Waals surface area contributed by atoms with Crippen molar-refractivity contribution in [3.05, 3.63) is 42.0 Å². The summed E-state index contributed by atoms with van der Waals surface area (Å²) in [5, 5.41) is 2.71. The minimum absolute atomic E-state index is 0.0685. The van der Waals surface area contributed by atoms with Gasteiger partial charge < -0.3 is 19.5 Å². The van der Waals surface area contributed by atoms with Crippen molar-refractivity contribution in [1.29, 1.82) is 0 Å². The molecule has 0 atom stereocenters. The summed E-state index contributed by atoms with van der Waals surface area (Å²) >= 11 is 0. The van der Waals surface area contributed by atoms with Crippen LogP contribution in [0.25, 0.3) is 0 Å². The summed E-state index contributed by atoms with van der Waals surface area (Å²) in [5.74, 6) is 0.737. The number of methoxy groups -OCH3 is 3. The van der Waals surface area contributed by atoms with Crippen LogP contribution in [0.4, 0.5) is 5.69 Å². The first-order valence-corrected chi connectivity index (χ1v) is 10.5. The molecule has 0 aliphatic heterocycles. The Kier molecular flexibility index (Phi) is 7.46. The second-order valence-electron chi connectivity index (χ2n) is 5.97. The van der Waals surface area contributed by atoms with E-state index < -0.39 is 15.9 Å². The third-order valence-corrected chi connectivity index (χ3v) is 6.46. The van der Waals surface area contributed by atoms with E-state index in [0.717, 1.165) is 0 Å². The molecule has 158 valence electrons. The van der Waals surface area contributed by atoms with Crippen molar-refractivity contribution in [1.82, 2.24) is 4.31 Å². The minimum atomic E-state index is -3.69. The van der Waals surface area contributed by atoms with Crippen LogP contribution >= 0.6 is 0 Å². The zero-order valence-corrected chi connectivity index (χ0v) is 18.0. The number of hydrogen-bond acceptors (Lipinski definition) is 6.